The summed E-state index contributed by atoms with van der Waals surface area (Å²) in [5.74, 6) is -3.06. The zero-order chi connectivity index (χ0) is 21.7. The average Bonchev–Trinajstić information content (AvgIpc) is 2.74. The van der Waals surface area contributed by atoms with Crippen LogP contribution >= 0.6 is 0 Å². The zero-order valence-electron chi connectivity index (χ0n) is 17.3. The van der Waals surface area contributed by atoms with E-state index in [0.717, 1.165) is 47.8 Å². The van der Waals surface area contributed by atoms with Crippen LogP contribution in [0.3, 0.4) is 0 Å². The molecule has 160 valence electrons. The molecule has 0 radical (unpaired) electrons. The standard InChI is InChI=1S/C23H27F2N3O2/c1-16-6-5-11-28(14-16)15-18-8-4-3-7-17(18)13-26-22(29)23(30)27(2)19-9-10-20(24)21(25)12-19/h3-4,7-10,12,16H,5-6,11,13-15H2,1-2H3,(H,26,29). The summed E-state index contributed by atoms with van der Waals surface area (Å²) >= 11 is 0. The molecule has 1 aliphatic heterocycles. The van der Waals surface area contributed by atoms with Crippen molar-refractivity contribution in [2.24, 2.45) is 5.92 Å². The van der Waals surface area contributed by atoms with E-state index in [4.69, 9.17) is 0 Å². The lowest BCUT2D eigenvalue weighted by molar-refractivity contribution is -0.137. The average molecular weight is 415 g/mol. The van der Waals surface area contributed by atoms with Crippen LogP contribution in [0.5, 0.6) is 0 Å². The van der Waals surface area contributed by atoms with Crippen molar-refractivity contribution < 1.29 is 18.4 Å². The molecule has 30 heavy (non-hydrogen) atoms. The van der Waals surface area contributed by atoms with Crippen LogP contribution in [-0.2, 0) is 22.7 Å². The van der Waals surface area contributed by atoms with E-state index in [0.29, 0.717) is 5.92 Å². The number of carbonyl (C=O) groups is 2. The van der Waals surface area contributed by atoms with Gasteiger partial charge in [0.15, 0.2) is 11.6 Å². The second-order valence-electron chi connectivity index (χ2n) is 7.90. The normalized spacial score (nSPS) is 16.9. The molecule has 1 aliphatic rings. The molecular formula is C23H27F2N3O2. The number of likely N-dealkylation sites (tertiary alicyclic amines) is 1. The maximum absolute atomic E-state index is 13.4. The lowest BCUT2D eigenvalue weighted by atomic mass is 9.99. The number of benzene rings is 2. The predicted molar refractivity (Wildman–Crippen MR) is 112 cm³/mol. The van der Waals surface area contributed by atoms with Gasteiger partial charge in [-0.1, -0.05) is 31.2 Å². The van der Waals surface area contributed by atoms with Crippen LogP contribution in [0.25, 0.3) is 0 Å². The Balaban J connectivity index is 1.61. The van der Waals surface area contributed by atoms with Crippen molar-refractivity contribution in [1.82, 2.24) is 10.2 Å². The summed E-state index contributed by atoms with van der Waals surface area (Å²) in [5, 5.41) is 2.65. The fourth-order valence-corrected chi connectivity index (χ4v) is 3.77. The van der Waals surface area contributed by atoms with E-state index in [1.807, 2.05) is 24.3 Å². The van der Waals surface area contributed by atoms with Crippen LogP contribution in [0, 0.1) is 17.6 Å². The highest BCUT2D eigenvalue weighted by Crippen LogP contribution is 2.20. The minimum Gasteiger partial charge on any atom is -0.344 e. The lowest BCUT2D eigenvalue weighted by Crippen LogP contribution is -2.41. The number of likely N-dealkylation sites (N-methyl/N-ethyl adjacent to an activating group) is 1. The van der Waals surface area contributed by atoms with Crippen molar-refractivity contribution in [3.8, 4) is 0 Å². The molecule has 0 aliphatic carbocycles. The number of halogens is 2. The van der Waals surface area contributed by atoms with Gasteiger partial charge in [-0.25, -0.2) is 8.78 Å². The highest BCUT2D eigenvalue weighted by molar-refractivity contribution is 6.40. The van der Waals surface area contributed by atoms with Gasteiger partial charge in [0, 0.05) is 38.4 Å². The Bertz CT molecular complexity index is 919. The van der Waals surface area contributed by atoms with Gasteiger partial charge in [-0.15, -0.1) is 0 Å². The Morgan fingerprint density at radius 2 is 1.87 bits per heavy atom. The SMILES string of the molecule is CC1CCCN(Cc2ccccc2CNC(=O)C(=O)N(C)c2ccc(F)c(F)c2)C1. The topological polar surface area (TPSA) is 52.7 Å². The minimum absolute atomic E-state index is 0.105. The molecule has 2 aromatic rings. The van der Waals surface area contributed by atoms with E-state index in [-0.39, 0.29) is 12.2 Å². The predicted octanol–water partition coefficient (Wildman–Crippen LogP) is 3.48. The highest BCUT2D eigenvalue weighted by Gasteiger charge is 2.22. The van der Waals surface area contributed by atoms with Gasteiger partial charge in [-0.2, -0.15) is 0 Å². The van der Waals surface area contributed by atoms with Crippen molar-refractivity contribution in [3.05, 3.63) is 65.2 Å². The number of rotatable bonds is 5. The van der Waals surface area contributed by atoms with E-state index < -0.39 is 23.4 Å². The van der Waals surface area contributed by atoms with Crippen LogP contribution < -0.4 is 10.2 Å². The molecule has 5 nitrogen and oxygen atoms in total. The van der Waals surface area contributed by atoms with E-state index in [1.54, 1.807) is 0 Å². The Morgan fingerprint density at radius 3 is 2.57 bits per heavy atom. The van der Waals surface area contributed by atoms with Gasteiger partial charge < -0.3 is 10.2 Å². The fourth-order valence-electron chi connectivity index (χ4n) is 3.77. The fraction of sp³-hybridized carbons (Fsp3) is 0.391. The third kappa shape index (κ3) is 5.42. The van der Waals surface area contributed by atoms with E-state index in [2.05, 4.69) is 17.1 Å². The number of carbonyl (C=O) groups excluding carboxylic acids is 2. The Morgan fingerprint density at radius 1 is 1.13 bits per heavy atom. The smallest absolute Gasteiger partial charge is 0.316 e. The molecule has 1 fully saturated rings. The molecule has 0 saturated carbocycles. The molecular weight excluding hydrogens is 388 g/mol. The number of hydrogen-bond acceptors (Lipinski definition) is 3. The molecule has 1 atom stereocenters. The number of nitrogens with zero attached hydrogens (tertiary/aromatic N) is 2. The van der Waals surface area contributed by atoms with E-state index in [1.165, 1.54) is 26.0 Å². The zero-order valence-corrected chi connectivity index (χ0v) is 17.3. The second kappa shape index (κ2) is 9.80. The molecule has 0 spiro atoms. The number of piperidine rings is 1. The quantitative estimate of drug-likeness (QED) is 0.761. The molecule has 0 aromatic heterocycles. The summed E-state index contributed by atoms with van der Waals surface area (Å²) in [4.78, 5) is 28.1. The number of amides is 2. The van der Waals surface area contributed by atoms with Gasteiger partial charge >= 0.3 is 11.8 Å². The molecule has 2 amide bonds. The third-order valence-electron chi connectivity index (χ3n) is 5.48. The van der Waals surface area contributed by atoms with Gasteiger partial charge in [0.1, 0.15) is 0 Å². The van der Waals surface area contributed by atoms with Crippen LogP contribution in [0.4, 0.5) is 14.5 Å². The second-order valence-corrected chi connectivity index (χ2v) is 7.90. The summed E-state index contributed by atoms with van der Waals surface area (Å²) in [7, 11) is 1.35. The molecule has 1 N–H and O–H groups in total. The van der Waals surface area contributed by atoms with Gasteiger partial charge in [0.25, 0.3) is 0 Å². The van der Waals surface area contributed by atoms with E-state index >= 15 is 0 Å². The Kier molecular flexibility index (Phi) is 7.15. The number of nitrogens with one attached hydrogen (secondary N) is 1. The molecule has 7 heteroatoms. The maximum Gasteiger partial charge on any atom is 0.316 e. The first-order valence-corrected chi connectivity index (χ1v) is 10.1. The van der Waals surface area contributed by atoms with Crippen molar-refractivity contribution in [2.45, 2.75) is 32.9 Å². The van der Waals surface area contributed by atoms with Crippen molar-refractivity contribution in [1.29, 1.82) is 0 Å². The summed E-state index contributed by atoms with van der Waals surface area (Å²) in [5.41, 5.74) is 2.18. The molecule has 1 unspecified atom stereocenters. The maximum atomic E-state index is 13.4. The third-order valence-corrected chi connectivity index (χ3v) is 5.48. The number of hydrogen-bond donors (Lipinski definition) is 1. The Labute approximate surface area is 175 Å². The first kappa shape index (κ1) is 21.9. The molecule has 1 heterocycles. The van der Waals surface area contributed by atoms with Crippen LogP contribution in [-0.4, -0.2) is 36.9 Å². The Hall–Kier alpha value is -2.80. The number of anilines is 1. The first-order valence-electron chi connectivity index (χ1n) is 10.1. The van der Waals surface area contributed by atoms with Crippen LogP contribution in [0.2, 0.25) is 0 Å². The highest BCUT2D eigenvalue weighted by atomic mass is 19.2. The van der Waals surface area contributed by atoms with Crippen molar-refractivity contribution >= 4 is 17.5 Å². The summed E-state index contributed by atoms with van der Waals surface area (Å²) in [6.07, 6.45) is 2.44. The molecule has 2 aromatic carbocycles. The van der Waals surface area contributed by atoms with Crippen molar-refractivity contribution in [2.75, 3.05) is 25.0 Å². The van der Waals surface area contributed by atoms with Crippen molar-refractivity contribution in [3.63, 3.8) is 0 Å². The lowest BCUT2D eigenvalue weighted by Gasteiger charge is -2.31. The minimum atomic E-state index is -1.08. The van der Waals surface area contributed by atoms with Gasteiger partial charge in [-0.3, -0.25) is 14.5 Å². The largest absolute Gasteiger partial charge is 0.344 e. The molecule has 3 rings (SSSR count). The van der Waals surface area contributed by atoms with E-state index in [9.17, 15) is 18.4 Å². The summed E-state index contributed by atoms with van der Waals surface area (Å²) < 4.78 is 26.5. The monoisotopic (exact) mass is 415 g/mol. The summed E-state index contributed by atoms with van der Waals surface area (Å²) in [6.45, 7) is 5.39. The van der Waals surface area contributed by atoms with Crippen LogP contribution in [0.15, 0.2) is 42.5 Å². The summed E-state index contributed by atoms with van der Waals surface area (Å²) in [6, 6.07) is 10.9. The molecule has 0 bridgehead atoms. The van der Waals surface area contributed by atoms with Crippen LogP contribution in [0.1, 0.15) is 30.9 Å². The molecule has 1 saturated heterocycles. The first-order chi connectivity index (χ1) is 14.3. The van der Waals surface area contributed by atoms with Gasteiger partial charge in [0.2, 0.25) is 0 Å². The van der Waals surface area contributed by atoms with Gasteiger partial charge in [-0.05, 0) is 48.6 Å². The van der Waals surface area contributed by atoms with Gasteiger partial charge in [0.05, 0.1) is 0 Å².